The Morgan fingerprint density at radius 2 is 1.93 bits per heavy atom. The SMILES string of the molecule is Cc1ccc(S(=O)(=O)Oc2ncccc2/C=N\NC(=O)Cc2cccc(Cl)c2)cc1. The van der Waals surface area contributed by atoms with Crippen LogP contribution in [0.25, 0.3) is 0 Å². The van der Waals surface area contributed by atoms with Crippen LogP contribution >= 0.6 is 11.6 Å². The van der Waals surface area contributed by atoms with E-state index in [1.807, 2.05) is 6.92 Å². The van der Waals surface area contributed by atoms with E-state index in [4.69, 9.17) is 15.8 Å². The number of carbonyl (C=O) groups excluding carboxylic acids is 1. The molecule has 3 rings (SSSR count). The van der Waals surface area contributed by atoms with Gasteiger partial charge in [0.2, 0.25) is 11.8 Å². The molecule has 0 aliphatic carbocycles. The highest BCUT2D eigenvalue weighted by molar-refractivity contribution is 7.87. The second-order valence-corrected chi connectivity index (χ2v) is 8.33. The van der Waals surface area contributed by atoms with Gasteiger partial charge in [0.1, 0.15) is 4.90 Å². The molecule has 1 amide bonds. The van der Waals surface area contributed by atoms with Gasteiger partial charge in [-0.05, 0) is 48.9 Å². The minimum absolute atomic E-state index is 0.0106. The Hall–Kier alpha value is -3.23. The number of aromatic nitrogens is 1. The molecule has 2 aromatic carbocycles. The van der Waals surface area contributed by atoms with Crippen LogP contribution in [0.4, 0.5) is 0 Å². The van der Waals surface area contributed by atoms with Crippen molar-refractivity contribution in [1.82, 2.24) is 10.4 Å². The second-order valence-electron chi connectivity index (χ2n) is 6.35. The monoisotopic (exact) mass is 443 g/mol. The number of rotatable bonds is 7. The van der Waals surface area contributed by atoms with Gasteiger partial charge < -0.3 is 4.18 Å². The van der Waals surface area contributed by atoms with Crippen LogP contribution in [0, 0.1) is 6.92 Å². The lowest BCUT2D eigenvalue weighted by Gasteiger charge is -2.08. The van der Waals surface area contributed by atoms with E-state index in [9.17, 15) is 13.2 Å². The summed E-state index contributed by atoms with van der Waals surface area (Å²) in [6.45, 7) is 1.85. The molecule has 30 heavy (non-hydrogen) atoms. The molecule has 0 spiro atoms. The number of carbonyl (C=O) groups is 1. The number of benzene rings is 2. The van der Waals surface area contributed by atoms with Gasteiger partial charge in [-0.25, -0.2) is 10.4 Å². The standard InChI is InChI=1S/C21H18ClN3O4S/c1-15-7-9-19(10-8-15)30(27,28)29-21-17(5-3-11-23-21)14-24-25-20(26)13-16-4-2-6-18(22)12-16/h2-12,14H,13H2,1H3,(H,25,26)/b24-14-. The topological polar surface area (TPSA) is 97.7 Å². The summed E-state index contributed by atoms with van der Waals surface area (Å²) in [5.41, 5.74) is 4.33. The van der Waals surface area contributed by atoms with Crippen molar-refractivity contribution in [3.8, 4) is 5.88 Å². The molecule has 0 saturated heterocycles. The first-order valence-corrected chi connectivity index (χ1v) is 10.6. The lowest BCUT2D eigenvalue weighted by Crippen LogP contribution is -2.20. The Labute approximate surface area is 179 Å². The molecule has 0 atom stereocenters. The fraction of sp³-hybridized carbons (Fsp3) is 0.0952. The van der Waals surface area contributed by atoms with Gasteiger partial charge >= 0.3 is 10.1 Å². The highest BCUT2D eigenvalue weighted by Gasteiger charge is 2.19. The molecule has 0 aliphatic heterocycles. The molecule has 0 saturated carbocycles. The number of nitrogens with one attached hydrogen (secondary N) is 1. The van der Waals surface area contributed by atoms with Crippen LogP contribution in [0.3, 0.4) is 0 Å². The molecule has 0 fully saturated rings. The lowest BCUT2D eigenvalue weighted by atomic mass is 10.1. The molecule has 3 aromatic rings. The quantitative estimate of drug-likeness (QED) is 0.342. The lowest BCUT2D eigenvalue weighted by molar-refractivity contribution is -0.120. The summed E-state index contributed by atoms with van der Waals surface area (Å²) in [5.74, 6) is -0.502. The molecule has 1 aromatic heterocycles. The molecule has 0 unspecified atom stereocenters. The summed E-state index contributed by atoms with van der Waals surface area (Å²) in [6, 6.07) is 16.4. The summed E-state index contributed by atoms with van der Waals surface area (Å²) in [6.07, 6.45) is 2.76. The molecule has 1 N–H and O–H groups in total. The van der Waals surface area contributed by atoms with Gasteiger partial charge in [0.05, 0.1) is 18.2 Å². The number of nitrogens with zero attached hydrogens (tertiary/aromatic N) is 2. The number of hydrazone groups is 1. The third-order valence-electron chi connectivity index (χ3n) is 3.95. The number of hydrogen-bond donors (Lipinski definition) is 1. The zero-order valence-electron chi connectivity index (χ0n) is 15.9. The van der Waals surface area contributed by atoms with Gasteiger partial charge in [-0.1, -0.05) is 41.4 Å². The van der Waals surface area contributed by atoms with E-state index in [0.717, 1.165) is 11.1 Å². The first-order valence-electron chi connectivity index (χ1n) is 8.86. The van der Waals surface area contributed by atoms with E-state index in [1.165, 1.54) is 24.5 Å². The smallest absolute Gasteiger partial charge is 0.340 e. The fourth-order valence-corrected chi connectivity index (χ4v) is 3.60. The van der Waals surface area contributed by atoms with Crippen molar-refractivity contribution in [2.75, 3.05) is 0 Å². The fourth-order valence-electron chi connectivity index (χ4n) is 2.47. The van der Waals surface area contributed by atoms with Crippen LogP contribution in [-0.4, -0.2) is 25.5 Å². The van der Waals surface area contributed by atoms with E-state index in [0.29, 0.717) is 5.02 Å². The van der Waals surface area contributed by atoms with Crippen molar-refractivity contribution in [3.05, 3.63) is 88.6 Å². The summed E-state index contributed by atoms with van der Waals surface area (Å²) >= 11 is 5.90. The predicted octanol–water partition coefficient (Wildman–Crippen LogP) is 3.50. The van der Waals surface area contributed by atoms with Crippen LogP contribution < -0.4 is 9.61 Å². The van der Waals surface area contributed by atoms with Crippen LogP contribution in [0.5, 0.6) is 5.88 Å². The molecular formula is C21H18ClN3O4S. The van der Waals surface area contributed by atoms with Crippen molar-refractivity contribution >= 4 is 33.8 Å². The van der Waals surface area contributed by atoms with Gasteiger partial charge in [-0.2, -0.15) is 13.5 Å². The van der Waals surface area contributed by atoms with Crippen LogP contribution in [0.2, 0.25) is 5.02 Å². The van der Waals surface area contributed by atoms with Crippen molar-refractivity contribution in [2.45, 2.75) is 18.2 Å². The zero-order valence-corrected chi connectivity index (χ0v) is 17.5. The van der Waals surface area contributed by atoms with E-state index in [1.54, 1.807) is 48.5 Å². The highest BCUT2D eigenvalue weighted by Crippen LogP contribution is 2.19. The third kappa shape index (κ3) is 5.88. The van der Waals surface area contributed by atoms with Crippen molar-refractivity contribution in [3.63, 3.8) is 0 Å². The Morgan fingerprint density at radius 1 is 1.17 bits per heavy atom. The molecular weight excluding hydrogens is 426 g/mol. The molecule has 9 heteroatoms. The van der Waals surface area contributed by atoms with Crippen LogP contribution in [0.15, 0.2) is 76.9 Å². The summed E-state index contributed by atoms with van der Waals surface area (Å²) in [5, 5.41) is 4.40. The van der Waals surface area contributed by atoms with Crippen molar-refractivity contribution < 1.29 is 17.4 Å². The van der Waals surface area contributed by atoms with Crippen molar-refractivity contribution in [1.29, 1.82) is 0 Å². The molecule has 0 bridgehead atoms. The molecule has 0 aliphatic rings. The Morgan fingerprint density at radius 3 is 2.67 bits per heavy atom. The van der Waals surface area contributed by atoms with Gasteiger partial charge in [0.15, 0.2) is 0 Å². The number of pyridine rings is 1. The summed E-state index contributed by atoms with van der Waals surface area (Å²) in [4.78, 5) is 16.0. The molecule has 154 valence electrons. The third-order valence-corrected chi connectivity index (χ3v) is 5.41. The summed E-state index contributed by atoms with van der Waals surface area (Å²) in [7, 11) is -4.06. The number of amides is 1. The van der Waals surface area contributed by atoms with Gasteiger partial charge in [0, 0.05) is 11.2 Å². The first-order chi connectivity index (χ1) is 14.3. The first kappa shape index (κ1) is 21.5. The summed E-state index contributed by atoms with van der Waals surface area (Å²) < 4.78 is 30.1. The normalized spacial score (nSPS) is 11.4. The van der Waals surface area contributed by atoms with E-state index >= 15 is 0 Å². The second kappa shape index (κ2) is 9.51. The average molecular weight is 444 g/mol. The van der Waals surface area contributed by atoms with E-state index < -0.39 is 10.1 Å². The minimum Gasteiger partial charge on any atom is -0.357 e. The Kier molecular flexibility index (Phi) is 6.81. The van der Waals surface area contributed by atoms with Crippen molar-refractivity contribution in [2.24, 2.45) is 5.10 Å². The maximum Gasteiger partial charge on any atom is 0.340 e. The van der Waals surface area contributed by atoms with Crippen LogP contribution in [-0.2, 0) is 21.3 Å². The van der Waals surface area contributed by atoms with Gasteiger partial charge in [-0.15, -0.1) is 0 Å². The molecule has 0 radical (unpaired) electrons. The number of halogens is 1. The highest BCUT2D eigenvalue weighted by atomic mass is 35.5. The molecule has 7 nitrogen and oxygen atoms in total. The van der Waals surface area contributed by atoms with E-state index in [2.05, 4.69) is 15.5 Å². The maximum atomic E-state index is 12.5. The Balaban J connectivity index is 1.69. The molecule has 1 heterocycles. The average Bonchev–Trinajstić information content (AvgIpc) is 2.69. The van der Waals surface area contributed by atoms with Gasteiger partial charge in [-0.3, -0.25) is 4.79 Å². The minimum atomic E-state index is -4.06. The maximum absolute atomic E-state index is 12.5. The van der Waals surface area contributed by atoms with E-state index in [-0.39, 0.29) is 28.7 Å². The van der Waals surface area contributed by atoms with Crippen LogP contribution in [0.1, 0.15) is 16.7 Å². The predicted molar refractivity (Wildman–Crippen MR) is 114 cm³/mol. The van der Waals surface area contributed by atoms with Gasteiger partial charge in [0.25, 0.3) is 0 Å². The largest absolute Gasteiger partial charge is 0.357 e. The number of hydrogen-bond acceptors (Lipinski definition) is 6. The zero-order chi connectivity index (χ0) is 21.6. The number of aryl methyl sites for hydroxylation is 1. The Bertz CT molecular complexity index is 1180.